The molecule has 0 fully saturated rings. The molecular formula is C15H20F3N3O. The monoisotopic (exact) mass is 315 g/mol. The van der Waals surface area contributed by atoms with Crippen LogP contribution in [-0.4, -0.2) is 22.2 Å². The zero-order valence-electron chi connectivity index (χ0n) is 12.8. The average molecular weight is 315 g/mol. The van der Waals surface area contributed by atoms with Gasteiger partial charge in [0.05, 0.1) is 11.2 Å². The first-order chi connectivity index (χ1) is 10.0. The van der Waals surface area contributed by atoms with Crippen molar-refractivity contribution in [2.45, 2.75) is 45.4 Å². The summed E-state index contributed by atoms with van der Waals surface area (Å²) >= 11 is 0. The molecule has 0 radical (unpaired) electrons. The zero-order chi connectivity index (χ0) is 17.0. The van der Waals surface area contributed by atoms with Gasteiger partial charge in [0.1, 0.15) is 17.6 Å². The van der Waals surface area contributed by atoms with E-state index in [0.717, 1.165) is 18.6 Å². The lowest BCUT2D eigenvalue weighted by Crippen LogP contribution is -2.34. The average Bonchev–Trinajstić information content (AvgIpc) is 2.42. The van der Waals surface area contributed by atoms with Crippen molar-refractivity contribution in [3.8, 4) is 6.07 Å². The van der Waals surface area contributed by atoms with Crippen LogP contribution in [0.5, 0.6) is 0 Å². The molecule has 1 aromatic heterocycles. The van der Waals surface area contributed by atoms with E-state index in [9.17, 15) is 18.3 Å². The summed E-state index contributed by atoms with van der Waals surface area (Å²) in [5.74, 6) is 0.245. The van der Waals surface area contributed by atoms with Gasteiger partial charge in [-0.1, -0.05) is 13.8 Å². The highest BCUT2D eigenvalue weighted by Crippen LogP contribution is 2.29. The molecule has 1 rings (SSSR count). The van der Waals surface area contributed by atoms with Crippen LogP contribution in [0.3, 0.4) is 0 Å². The minimum atomic E-state index is -4.58. The first-order valence-corrected chi connectivity index (χ1v) is 7.00. The Morgan fingerprint density at radius 3 is 2.50 bits per heavy atom. The molecule has 0 aliphatic rings. The number of nitrogens with zero attached hydrogens (tertiary/aromatic N) is 2. The van der Waals surface area contributed by atoms with E-state index in [1.54, 1.807) is 13.0 Å². The Morgan fingerprint density at radius 2 is 2.00 bits per heavy atom. The number of nitriles is 1. The van der Waals surface area contributed by atoms with Crippen LogP contribution in [0.1, 0.15) is 44.9 Å². The number of hydrogen-bond donors (Lipinski definition) is 2. The molecule has 1 unspecified atom stereocenters. The summed E-state index contributed by atoms with van der Waals surface area (Å²) in [7, 11) is 0. The number of alkyl halides is 3. The minimum Gasteiger partial charge on any atom is -0.388 e. The Bertz CT molecular complexity index is 548. The Morgan fingerprint density at radius 1 is 1.36 bits per heavy atom. The van der Waals surface area contributed by atoms with Crippen molar-refractivity contribution in [2.24, 2.45) is 5.92 Å². The number of halogens is 3. The first kappa shape index (κ1) is 18.2. The number of aliphatic hydroxyl groups is 1. The molecular weight excluding hydrogens is 295 g/mol. The molecule has 7 heteroatoms. The third-order valence-electron chi connectivity index (χ3n) is 3.20. The van der Waals surface area contributed by atoms with Gasteiger partial charge in [-0.3, -0.25) is 0 Å². The molecule has 1 atom stereocenters. The molecule has 2 N–H and O–H groups in total. The number of aromatic nitrogens is 1. The van der Waals surface area contributed by atoms with E-state index in [-0.39, 0.29) is 17.9 Å². The van der Waals surface area contributed by atoms with Gasteiger partial charge in [0, 0.05) is 6.54 Å². The maximum Gasteiger partial charge on any atom is 0.433 e. The van der Waals surface area contributed by atoms with Gasteiger partial charge in [0.2, 0.25) is 0 Å². The SMILES string of the molecule is CC(C)CCC(C)(O)CNc1nc(C(F)(F)F)ccc1C#N. The molecule has 0 aliphatic carbocycles. The molecule has 0 aliphatic heterocycles. The highest BCUT2D eigenvalue weighted by atomic mass is 19.4. The topological polar surface area (TPSA) is 68.9 Å². The number of nitrogens with one attached hydrogen (secondary N) is 1. The third kappa shape index (κ3) is 5.53. The van der Waals surface area contributed by atoms with E-state index in [1.165, 1.54) is 0 Å². The van der Waals surface area contributed by atoms with E-state index < -0.39 is 17.5 Å². The van der Waals surface area contributed by atoms with Gasteiger partial charge in [0.15, 0.2) is 0 Å². The molecule has 0 aromatic carbocycles. The third-order valence-corrected chi connectivity index (χ3v) is 3.20. The minimum absolute atomic E-state index is 0.00709. The number of anilines is 1. The normalized spacial score (nSPS) is 14.5. The zero-order valence-corrected chi connectivity index (χ0v) is 12.8. The fourth-order valence-corrected chi connectivity index (χ4v) is 1.80. The van der Waals surface area contributed by atoms with Crippen molar-refractivity contribution in [3.05, 3.63) is 23.4 Å². The van der Waals surface area contributed by atoms with Crippen molar-refractivity contribution in [1.82, 2.24) is 4.98 Å². The highest BCUT2D eigenvalue weighted by molar-refractivity contribution is 5.52. The summed E-state index contributed by atoms with van der Waals surface area (Å²) < 4.78 is 38.0. The van der Waals surface area contributed by atoms with Crippen LogP contribution in [-0.2, 0) is 6.18 Å². The molecule has 0 bridgehead atoms. The molecule has 0 saturated carbocycles. The van der Waals surface area contributed by atoms with E-state index >= 15 is 0 Å². The summed E-state index contributed by atoms with van der Waals surface area (Å²) in [4.78, 5) is 3.44. The van der Waals surface area contributed by atoms with Gasteiger partial charge in [-0.05, 0) is 37.8 Å². The van der Waals surface area contributed by atoms with Crippen molar-refractivity contribution in [1.29, 1.82) is 5.26 Å². The smallest absolute Gasteiger partial charge is 0.388 e. The second-order valence-electron chi connectivity index (χ2n) is 5.99. The standard InChI is InChI=1S/C15H20F3N3O/c1-10(2)6-7-14(3,22)9-20-13-11(8-19)4-5-12(21-13)15(16,17)18/h4-5,10,22H,6-7,9H2,1-3H3,(H,20,21). The molecule has 0 saturated heterocycles. The predicted molar refractivity (Wildman–Crippen MR) is 77.1 cm³/mol. The van der Waals surface area contributed by atoms with E-state index in [4.69, 9.17) is 5.26 Å². The van der Waals surface area contributed by atoms with Crippen molar-refractivity contribution >= 4 is 5.82 Å². The second-order valence-corrected chi connectivity index (χ2v) is 5.99. The number of hydrogen-bond acceptors (Lipinski definition) is 4. The van der Waals surface area contributed by atoms with Crippen LogP contribution in [0.15, 0.2) is 12.1 Å². The van der Waals surface area contributed by atoms with Crippen molar-refractivity contribution < 1.29 is 18.3 Å². The second kappa shape index (κ2) is 6.97. The number of pyridine rings is 1. The Labute approximate surface area is 128 Å². The first-order valence-electron chi connectivity index (χ1n) is 7.00. The van der Waals surface area contributed by atoms with Crippen molar-refractivity contribution in [3.63, 3.8) is 0 Å². The van der Waals surface area contributed by atoms with Crippen molar-refractivity contribution in [2.75, 3.05) is 11.9 Å². The van der Waals surface area contributed by atoms with Gasteiger partial charge in [-0.2, -0.15) is 18.4 Å². The lowest BCUT2D eigenvalue weighted by atomic mass is 9.95. The van der Waals surface area contributed by atoms with Gasteiger partial charge in [0.25, 0.3) is 0 Å². The molecule has 0 amide bonds. The molecule has 4 nitrogen and oxygen atoms in total. The quantitative estimate of drug-likeness (QED) is 0.842. The largest absolute Gasteiger partial charge is 0.433 e. The Kier molecular flexibility index (Phi) is 5.78. The fourth-order valence-electron chi connectivity index (χ4n) is 1.80. The van der Waals surface area contributed by atoms with Gasteiger partial charge < -0.3 is 10.4 Å². The van der Waals surface area contributed by atoms with Crippen LogP contribution >= 0.6 is 0 Å². The van der Waals surface area contributed by atoms with Crippen LogP contribution in [0.25, 0.3) is 0 Å². The Balaban J connectivity index is 2.86. The van der Waals surface area contributed by atoms with Crippen LogP contribution in [0.4, 0.5) is 19.0 Å². The predicted octanol–water partition coefficient (Wildman–Crippen LogP) is 3.57. The molecule has 122 valence electrons. The number of rotatable bonds is 6. The lowest BCUT2D eigenvalue weighted by molar-refractivity contribution is -0.141. The van der Waals surface area contributed by atoms with Crippen LogP contribution < -0.4 is 5.32 Å². The van der Waals surface area contributed by atoms with E-state index in [2.05, 4.69) is 10.3 Å². The van der Waals surface area contributed by atoms with Gasteiger partial charge in [-0.25, -0.2) is 4.98 Å². The molecule has 0 spiro atoms. The maximum absolute atomic E-state index is 12.7. The van der Waals surface area contributed by atoms with Crippen LogP contribution in [0, 0.1) is 17.2 Å². The summed E-state index contributed by atoms with van der Waals surface area (Å²) in [5.41, 5.74) is -2.16. The maximum atomic E-state index is 12.7. The lowest BCUT2D eigenvalue weighted by Gasteiger charge is -2.25. The fraction of sp³-hybridized carbons (Fsp3) is 0.600. The Hall–Kier alpha value is -1.81. The van der Waals surface area contributed by atoms with Gasteiger partial charge >= 0.3 is 6.18 Å². The highest BCUT2D eigenvalue weighted by Gasteiger charge is 2.33. The molecule has 1 heterocycles. The molecule has 22 heavy (non-hydrogen) atoms. The summed E-state index contributed by atoms with van der Waals surface area (Å²) in [5, 5.41) is 21.8. The summed E-state index contributed by atoms with van der Waals surface area (Å²) in [6.07, 6.45) is -3.29. The summed E-state index contributed by atoms with van der Waals surface area (Å²) in [6.45, 7) is 5.65. The van der Waals surface area contributed by atoms with E-state index in [0.29, 0.717) is 12.3 Å². The van der Waals surface area contributed by atoms with Gasteiger partial charge in [-0.15, -0.1) is 0 Å². The van der Waals surface area contributed by atoms with E-state index in [1.807, 2.05) is 13.8 Å². The molecule has 1 aromatic rings. The summed E-state index contributed by atoms with van der Waals surface area (Å²) in [6, 6.07) is 3.62. The van der Waals surface area contributed by atoms with Crippen LogP contribution in [0.2, 0.25) is 0 Å².